The Morgan fingerprint density at radius 1 is 1.40 bits per heavy atom. The Morgan fingerprint density at radius 3 is 2.65 bits per heavy atom. The molecule has 0 aliphatic carbocycles. The number of carboxylic acids is 1. The van der Waals surface area contributed by atoms with Crippen LogP contribution in [-0.2, 0) is 9.53 Å². The number of ether oxygens (including phenoxy) is 1. The summed E-state index contributed by atoms with van der Waals surface area (Å²) < 4.78 is 4.85. The molecule has 1 unspecified atom stereocenters. The number of hydrogen-bond acceptors (Lipinski definition) is 5. The zero-order valence-corrected chi connectivity index (χ0v) is 11.8. The molecule has 1 aromatic heterocycles. The Kier molecular flexibility index (Phi) is 6.49. The van der Waals surface area contributed by atoms with Crippen LogP contribution in [0.2, 0.25) is 0 Å². The van der Waals surface area contributed by atoms with Gasteiger partial charge in [-0.1, -0.05) is 13.3 Å². The third-order valence-corrected chi connectivity index (χ3v) is 2.79. The summed E-state index contributed by atoms with van der Waals surface area (Å²) in [5, 5.41) is 12.0. The zero-order valence-electron chi connectivity index (χ0n) is 11.8. The van der Waals surface area contributed by atoms with Crippen LogP contribution in [0.1, 0.15) is 37.0 Å². The quantitative estimate of drug-likeness (QED) is 0.709. The molecule has 0 aromatic carbocycles. The van der Waals surface area contributed by atoms with Crippen LogP contribution >= 0.6 is 0 Å². The maximum Gasteiger partial charge on any atom is 0.339 e. The third kappa shape index (κ3) is 4.87. The Hall–Kier alpha value is -2.11. The number of aliphatic carboxylic acids is 1. The van der Waals surface area contributed by atoms with Gasteiger partial charge in [0.05, 0.1) is 18.1 Å². The van der Waals surface area contributed by atoms with E-state index in [1.54, 1.807) is 19.1 Å². The second-order valence-corrected chi connectivity index (χ2v) is 4.36. The predicted molar refractivity (Wildman–Crippen MR) is 74.7 cm³/mol. The van der Waals surface area contributed by atoms with E-state index in [1.165, 1.54) is 6.20 Å². The van der Waals surface area contributed by atoms with Crippen molar-refractivity contribution in [1.82, 2.24) is 4.98 Å². The van der Waals surface area contributed by atoms with Gasteiger partial charge in [-0.15, -0.1) is 0 Å². The molecule has 0 saturated carbocycles. The van der Waals surface area contributed by atoms with E-state index in [2.05, 4.69) is 10.3 Å². The molecule has 1 rings (SSSR count). The molecule has 2 N–H and O–H groups in total. The summed E-state index contributed by atoms with van der Waals surface area (Å²) in [6, 6.07) is 3.24. The van der Waals surface area contributed by atoms with E-state index in [0.717, 1.165) is 6.42 Å². The van der Waals surface area contributed by atoms with Gasteiger partial charge in [0.15, 0.2) is 0 Å². The highest BCUT2D eigenvalue weighted by Gasteiger charge is 2.16. The molecule has 1 heterocycles. The number of carbonyl (C=O) groups excluding carboxylic acids is 1. The van der Waals surface area contributed by atoms with Gasteiger partial charge in [0.2, 0.25) is 0 Å². The molecule has 20 heavy (non-hydrogen) atoms. The highest BCUT2D eigenvalue weighted by atomic mass is 16.5. The van der Waals surface area contributed by atoms with E-state index in [-0.39, 0.29) is 0 Å². The number of carboxylic acid groups (broad SMARTS) is 1. The number of esters is 1. The molecule has 1 aromatic rings. The minimum Gasteiger partial charge on any atom is -0.481 e. The number of hydrogen-bond donors (Lipinski definition) is 2. The van der Waals surface area contributed by atoms with Crippen LogP contribution in [0.5, 0.6) is 0 Å². The van der Waals surface area contributed by atoms with E-state index in [0.29, 0.717) is 31.0 Å². The van der Waals surface area contributed by atoms with E-state index in [1.807, 2.05) is 6.92 Å². The first-order valence-corrected chi connectivity index (χ1v) is 6.68. The number of rotatable bonds is 8. The third-order valence-electron chi connectivity index (χ3n) is 2.79. The number of anilines is 1. The number of nitrogens with zero attached hydrogens (tertiary/aromatic N) is 1. The van der Waals surface area contributed by atoms with Crippen LogP contribution in [0.25, 0.3) is 0 Å². The molecule has 1 atom stereocenters. The average Bonchev–Trinajstić information content (AvgIpc) is 2.44. The molecule has 0 radical (unpaired) electrons. The highest BCUT2D eigenvalue weighted by Crippen LogP contribution is 2.10. The lowest BCUT2D eigenvalue weighted by atomic mass is 10.0. The summed E-state index contributed by atoms with van der Waals surface area (Å²) in [4.78, 5) is 26.5. The summed E-state index contributed by atoms with van der Waals surface area (Å²) in [6.45, 7) is 4.31. The molecular weight excluding hydrogens is 260 g/mol. The fourth-order valence-corrected chi connectivity index (χ4v) is 1.72. The van der Waals surface area contributed by atoms with Crippen molar-refractivity contribution in [3.05, 3.63) is 23.9 Å². The lowest BCUT2D eigenvalue weighted by Gasteiger charge is -2.12. The summed E-state index contributed by atoms with van der Waals surface area (Å²) in [7, 11) is 0. The first-order valence-electron chi connectivity index (χ1n) is 6.68. The van der Waals surface area contributed by atoms with Crippen molar-refractivity contribution in [1.29, 1.82) is 0 Å². The first kappa shape index (κ1) is 15.9. The van der Waals surface area contributed by atoms with Gasteiger partial charge in [-0.25, -0.2) is 9.78 Å². The molecule has 0 saturated heterocycles. The predicted octanol–water partition coefficient (Wildman–Crippen LogP) is 2.17. The van der Waals surface area contributed by atoms with Crippen LogP contribution in [0.15, 0.2) is 18.3 Å². The molecule has 6 nitrogen and oxygen atoms in total. The second kappa shape index (κ2) is 8.14. The molecule has 0 aliphatic heterocycles. The van der Waals surface area contributed by atoms with Crippen molar-refractivity contribution in [2.45, 2.75) is 26.7 Å². The van der Waals surface area contributed by atoms with Gasteiger partial charge in [-0.05, 0) is 25.5 Å². The number of nitrogens with one attached hydrogen (secondary N) is 1. The Bertz CT molecular complexity index is 445. The van der Waals surface area contributed by atoms with E-state index < -0.39 is 17.9 Å². The SMILES string of the molecule is CCCC(CNc1ccc(C(=O)OCC)cn1)C(=O)O. The van der Waals surface area contributed by atoms with Crippen LogP contribution in [0, 0.1) is 5.92 Å². The summed E-state index contributed by atoms with van der Waals surface area (Å²) >= 11 is 0. The van der Waals surface area contributed by atoms with Crippen molar-refractivity contribution in [3.63, 3.8) is 0 Å². The van der Waals surface area contributed by atoms with Gasteiger partial charge in [-0.2, -0.15) is 0 Å². The van der Waals surface area contributed by atoms with Crippen molar-refractivity contribution in [2.75, 3.05) is 18.5 Å². The van der Waals surface area contributed by atoms with E-state index in [4.69, 9.17) is 9.84 Å². The van der Waals surface area contributed by atoms with Crippen LogP contribution in [0.4, 0.5) is 5.82 Å². The molecule has 0 amide bonds. The van der Waals surface area contributed by atoms with Gasteiger partial charge < -0.3 is 15.2 Å². The lowest BCUT2D eigenvalue weighted by Crippen LogP contribution is -2.23. The largest absolute Gasteiger partial charge is 0.481 e. The normalized spacial score (nSPS) is 11.7. The van der Waals surface area contributed by atoms with Crippen LogP contribution in [-0.4, -0.2) is 35.2 Å². The van der Waals surface area contributed by atoms with E-state index in [9.17, 15) is 9.59 Å². The summed E-state index contributed by atoms with van der Waals surface area (Å²) in [5.74, 6) is -1.13. The molecule has 0 bridgehead atoms. The van der Waals surface area contributed by atoms with Crippen LogP contribution in [0.3, 0.4) is 0 Å². The molecule has 110 valence electrons. The maximum atomic E-state index is 11.4. The van der Waals surface area contributed by atoms with Gasteiger partial charge in [-0.3, -0.25) is 4.79 Å². The van der Waals surface area contributed by atoms with Gasteiger partial charge in [0.25, 0.3) is 0 Å². The molecule has 0 aliphatic rings. The fraction of sp³-hybridized carbons (Fsp3) is 0.500. The minimum atomic E-state index is -0.817. The smallest absolute Gasteiger partial charge is 0.339 e. The summed E-state index contributed by atoms with van der Waals surface area (Å²) in [5.41, 5.74) is 0.376. The average molecular weight is 280 g/mol. The van der Waals surface area contributed by atoms with Crippen molar-refractivity contribution < 1.29 is 19.4 Å². The standard InChI is InChI=1S/C14H20N2O4/c1-3-5-10(13(17)18)8-15-12-7-6-11(9-16-12)14(19)20-4-2/h6-7,9-10H,3-5,8H2,1-2H3,(H,15,16)(H,17,18). The Balaban J connectivity index is 2.56. The molecule has 6 heteroatoms. The molecular formula is C14H20N2O4. The Morgan fingerprint density at radius 2 is 2.15 bits per heavy atom. The van der Waals surface area contributed by atoms with Gasteiger partial charge in [0.1, 0.15) is 5.82 Å². The number of carbonyl (C=O) groups is 2. The lowest BCUT2D eigenvalue weighted by molar-refractivity contribution is -0.141. The van der Waals surface area contributed by atoms with Gasteiger partial charge in [0, 0.05) is 12.7 Å². The van der Waals surface area contributed by atoms with Crippen molar-refractivity contribution in [3.8, 4) is 0 Å². The number of aromatic nitrogens is 1. The minimum absolute atomic E-state index is 0.314. The topological polar surface area (TPSA) is 88.5 Å². The van der Waals surface area contributed by atoms with E-state index >= 15 is 0 Å². The molecule has 0 fully saturated rings. The van der Waals surface area contributed by atoms with Gasteiger partial charge >= 0.3 is 11.9 Å². The van der Waals surface area contributed by atoms with Crippen LogP contribution < -0.4 is 5.32 Å². The Labute approximate surface area is 118 Å². The highest BCUT2D eigenvalue weighted by molar-refractivity contribution is 5.89. The van der Waals surface area contributed by atoms with Crippen molar-refractivity contribution >= 4 is 17.8 Å². The second-order valence-electron chi connectivity index (χ2n) is 4.36. The molecule has 0 spiro atoms. The monoisotopic (exact) mass is 280 g/mol. The number of pyridine rings is 1. The summed E-state index contributed by atoms with van der Waals surface area (Å²) in [6.07, 6.45) is 2.84. The first-order chi connectivity index (χ1) is 9.58. The fourth-order valence-electron chi connectivity index (χ4n) is 1.72. The maximum absolute atomic E-state index is 11.4. The van der Waals surface area contributed by atoms with Crippen molar-refractivity contribution in [2.24, 2.45) is 5.92 Å². The zero-order chi connectivity index (χ0) is 15.0.